The molecule has 1 saturated carbocycles. The van der Waals surface area contributed by atoms with Crippen molar-refractivity contribution in [3.63, 3.8) is 0 Å². The van der Waals surface area contributed by atoms with Crippen LogP contribution in [0.2, 0.25) is 0 Å². The molecule has 5 amide bonds. The Balaban J connectivity index is 1.05. The number of benzene rings is 2. The molecule has 2 heterocycles. The molecule has 212 valence electrons. The summed E-state index contributed by atoms with van der Waals surface area (Å²) in [5.41, 5.74) is 2.36. The van der Waals surface area contributed by atoms with E-state index in [1.807, 2.05) is 48.5 Å². The summed E-state index contributed by atoms with van der Waals surface area (Å²) in [6.45, 7) is 1.97. The van der Waals surface area contributed by atoms with Crippen molar-refractivity contribution in [2.24, 2.45) is 5.92 Å². The predicted octanol–water partition coefficient (Wildman–Crippen LogP) is 4.26. The number of imide groups is 1. The number of anilines is 3. The van der Waals surface area contributed by atoms with Crippen LogP contribution in [-0.4, -0.2) is 65.7 Å². The summed E-state index contributed by atoms with van der Waals surface area (Å²) < 4.78 is 5.97. The minimum Gasteiger partial charge on any atom is -0.490 e. The third kappa shape index (κ3) is 6.64. The molecule has 0 radical (unpaired) electrons. The molecule has 3 fully saturated rings. The Bertz CT molecular complexity index is 1230. The third-order valence-electron chi connectivity index (χ3n) is 7.78. The predicted molar refractivity (Wildman–Crippen MR) is 150 cm³/mol. The van der Waals surface area contributed by atoms with Crippen molar-refractivity contribution in [1.82, 2.24) is 10.2 Å². The van der Waals surface area contributed by atoms with Crippen LogP contribution in [0.5, 0.6) is 5.75 Å². The number of likely N-dealkylation sites (tertiary alicyclic amines) is 1. The van der Waals surface area contributed by atoms with E-state index in [-0.39, 0.29) is 24.8 Å². The zero-order chi connectivity index (χ0) is 28.1. The van der Waals surface area contributed by atoms with Gasteiger partial charge in [-0.05, 0) is 93.0 Å². The molecule has 0 aromatic heterocycles. The summed E-state index contributed by atoms with van der Waals surface area (Å²) in [6.07, 6.45) is 4.68. The number of carbonyl (C=O) groups is 4. The number of nitrogens with one attached hydrogen (secondary N) is 3. The van der Waals surface area contributed by atoms with Gasteiger partial charge in [0.1, 0.15) is 11.8 Å². The Hall–Kier alpha value is -4.28. The van der Waals surface area contributed by atoms with E-state index in [4.69, 9.17) is 4.74 Å². The molecule has 1 unspecified atom stereocenters. The van der Waals surface area contributed by atoms with Crippen LogP contribution >= 0.6 is 0 Å². The van der Waals surface area contributed by atoms with Crippen LogP contribution in [0.1, 0.15) is 44.9 Å². The van der Waals surface area contributed by atoms with Gasteiger partial charge in [-0.1, -0.05) is 0 Å². The molecule has 2 saturated heterocycles. The van der Waals surface area contributed by atoms with E-state index >= 15 is 0 Å². The number of urea groups is 1. The molecule has 2 aromatic carbocycles. The molecule has 0 bridgehead atoms. The zero-order valence-electron chi connectivity index (χ0n) is 22.3. The Morgan fingerprint density at radius 1 is 0.900 bits per heavy atom. The van der Waals surface area contributed by atoms with Gasteiger partial charge in [0.25, 0.3) is 0 Å². The number of amides is 5. The lowest BCUT2D eigenvalue weighted by Crippen LogP contribution is -2.48. The maximum Gasteiger partial charge on any atom is 0.414 e. The lowest BCUT2D eigenvalue weighted by atomic mass is 10.1. The van der Waals surface area contributed by atoms with Gasteiger partial charge in [0.05, 0.1) is 6.10 Å². The Labute approximate surface area is 232 Å². The van der Waals surface area contributed by atoms with Gasteiger partial charge >= 0.3 is 12.1 Å². The number of rotatable bonds is 8. The molecule has 3 aliphatic rings. The SMILES string of the molecule is O=C(Nc1ccc(OC2CCCC2)cc1)Nc1ccc(N2CCC(CNC(=O)[C@@H]3CCC(=O)N3C(=O)O)C2)cc1. The van der Waals surface area contributed by atoms with E-state index in [9.17, 15) is 24.3 Å². The highest BCUT2D eigenvalue weighted by molar-refractivity contribution is 6.00. The summed E-state index contributed by atoms with van der Waals surface area (Å²) in [5, 5.41) is 17.7. The highest BCUT2D eigenvalue weighted by Gasteiger charge is 2.40. The van der Waals surface area contributed by atoms with Gasteiger partial charge in [0.2, 0.25) is 11.8 Å². The molecule has 40 heavy (non-hydrogen) atoms. The van der Waals surface area contributed by atoms with Crippen molar-refractivity contribution in [2.45, 2.75) is 57.1 Å². The number of carboxylic acid groups (broad SMARTS) is 1. The first kappa shape index (κ1) is 27.3. The number of hydrogen-bond donors (Lipinski definition) is 4. The lowest BCUT2D eigenvalue weighted by molar-refractivity contribution is -0.133. The van der Waals surface area contributed by atoms with Crippen molar-refractivity contribution in [1.29, 1.82) is 0 Å². The molecule has 11 nitrogen and oxygen atoms in total. The van der Waals surface area contributed by atoms with Crippen LogP contribution in [-0.2, 0) is 9.59 Å². The number of nitrogens with zero attached hydrogens (tertiary/aromatic N) is 2. The van der Waals surface area contributed by atoms with Crippen molar-refractivity contribution in [3.8, 4) is 5.75 Å². The highest BCUT2D eigenvalue weighted by Crippen LogP contribution is 2.27. The molecule has 5 rings (SSSR count). The standard InChI is InChI=1S/C29H35N5O6/c35-26-14-13-25(34(26)29(38)39)27(36)30-17-19-15-16-33(18-19)22-9-5-20(6-10-22)31-28(37)32-21-7-11-24(12-8-21)40-23-3-1-2-4-23/h5-12,19,23,25H,1-4,13-18H2,(H,30,36)(H,38,39)(H2,31,32,37)/t19?,25-/m0/s1. The maximum atomic E-state index is 12.5. The minimum absolute atomic E-state index is 0.0664. The molecule has 2 aromatic rings. The van der Waals surface area contributed by atoms with Gasteiger partial charge in [-0.25, -0.2) is 14.5 Å². The molecular formula is C29H35N5O6. The summed E-state index contributed by atoms with van der Waals surface area (Å²) in [5.74, 6) is 0.0652. The number of ether oxygens (including phenoxy) is 1. The van der Waals surface area contributed by atoms with E-state index in [2.05, 4.69) is 20.9 Å². The molecular weight excluding hydrogens is 514 g/mol. The number of carbonyl (C=O) groups excluding carboxylic acids is 3. The van der Waals surface area contributed by atoms with Crippen molar-refractivity contribution in [3.05, 3.63) is 48.5 Å². The summed E-state index contributed by atoms with van der Waals surface area (Å²) in [4.78, 5) is 50.9. The zero-order valence-corrected chi connectivity index (χ0v) is 22.3. The average Bonchev–Trinajstić information content (AvgIpc) is 3.70. The third-order valence-corrected chi connectivity index (χ3v) is 7.78. The first-order valence-electron chi connectivity index (χ1n) is 13.9. The van der Waals surface area contributed by atoms with Gasteiger partial charge in [-0.2, -0.15) is 0 Å². The molecule has 4 N–H and O–H groups in total. The van der Waals surface area contributed by atoms with Gasteiger partial charge in [-0.3, -0.25) is 9.59 Å². The largest absolute Gasteiger partial charge is 0.490 e. The smallest absolute Gasteiger partial charge is 0.414 e. The van der Waals surface area contributed by atoms with E-state index in [1.54, 1.807) is 0 Å². The fraction of sp³-hybridized carbons (Fsp3) is 0.448. The van der Waals surface area contributed by atoms with Crippen LogP contribution in [0.3, 0.4) is 0 Å². The van der Waals surface area contributed by atoms with Crippen LogP contribution in [0.15, 0.2) is 48.5 Å². The second-order valence-electron chi connectivity index (χ2n) is 10.6. The minimum atomic E-state index is -1.39. The molecule has 2 atom stereocenters. The van der Waals surface area contributed by atoms with Gasteiger partial charge in [0, 0.05) is 43.1 Å². The fourth-order valence-electron chi connectivity index (χ4n) is 5.63. The van der Waals surface area contributed by atoms with E-state index in [0.29, 0.717) is 28.9 Å². The average molecular weight is 550 g/mol. The normalized spacial score (nSPS) is 20.9. The second-order valence-corrected chi connectivity index (χ2v) is 10.6. The van der Waals surface area contributed by atoms with Crippen LogP contribution < -0.4 is 25.6 Å². The van der Waals surface area contributed by atoms with Gasteiger partial charge < -0.3 is 30.7 Å². The second kappa shape index (κ2) is 12.3. The van der Waals surface area contributed by atoms with Crippen molar-refractivity contribution >= 4 is 41.0 Å². The van der Waals surface area contributed by atoms with E-state index < -0.39 is 23.9 Å². The quantitative estimate of drug-likeness (QED) is 0.386. The molecule has 1 aliphatic carbocycles. The number of hydrogen-bond acceptors (Lipinski definition) is 6. The van der Waals surface area contributed by atoms with Gasteiger partial charge in [0.15, 0.2) is 0 Å². The topological polar surface area (TPSA) is 140 Å². The van der Waals surface area contributed by atoms with Crippen LogP contribution in [0.25, 0.3) is 0 Å². The molecule has 0 spiro atoms. The summed E-state index contributed by atoms with van der Waals surface area (Å²) in [6, 6.07) is 13.7. The van der Waals surface area contributed by atoms with Crippen LogP contribution in [0.4, 0.5) is 26.7 Å². The van der Waals surface area contributed by atoms with E-state index in [1.165, 1.54) is 12.8 Å². The summed E-state index contributed by atoms with van der Waals surface area (Å²) in [7, 11) is 0. The Kier molecular flexibility index (Phi) is 8.37. The Morgan fingerprint density at radius 3 is 2.20 bits per heavy atom. The fourth-order valence-corrected chi connectivity index (χ4v) is 5.63. The first-order chi connectivity index (χ1) is 19.4. The van der Waals surface area contributed by atoms with Crippen molar-refractivity contribution < 1.29 is 29.0 Å². The summed E-state index contributed by atoms with van der Waals surface area (Å²) >= 11 is 0. The lowest BCUT2D eigenvalue weighted by Gasteiger charge is -2.21. The Morgan fingerprint density at radius 2 is 1.55 bits per heavy atom. The molecule has 11 heteroatoms. The monoisotopic (exact) mass is 549 g/mol. The maximum absolute atomic E-state index is 12.5. The van der Waals surface area contributed by atoms with E-state index in [0.717, 1.165) is 43.8 Å². The van der Waals surface area contributed by atoms with Crippen molar-refractivity contribution in [2.75, 3.05) is 35.2 Å². The first-order valence-corrected chi connectivity index (χ1v) is 13.9. The highest BCUT2D eigenvalue weighted by atomic mass is 16.5. The van der Waals surface area contributed by atoms with Gasteiger partial charge in [-0.15, -0.1) is 0 Å². The van der Waals surface area contributed by atoms with Crippen LogP contribution in [0, 0.1) is 5.92 Å². The molecule has 2 aliphatic heterocycles.